The zero-order valence-electron chi connectivity index (χ0n) is 53.0. The summed E-state index contributed by atoms with van der Waals surface area (Å²) in [5.41, 5.74) is 7.12. The van der Waals surface area contributed by atoms with E-state index in [1.54, 1.807) is 61.6 Å². The molecule has 3 amide bonds. The second-order valence-electron chi connectivity index (χ2n) is 23.0. The Labute approximate surface area is 558 Å². The number of methoxy groups -OCH3 is 1. The van der Waals surface area contributed by atoms with Crippen LogP contribution in [0.25, 0.3) is 44.5 Å². The number of alkyl halides is 3. The van der Waals surface area contributed by atoms with Crippen LogP contribution in [0.2, 0.25) is 10.0 Å². The number of amides is 3. The van der Waals surface area contributed by atoms with Crippen LogP contribution < -0.4 is 30.5 Å². The van der Waals surface area contributed by atoms with Gasteiger partial charge in [-0.1, -0.05) is 89.4 Å². The number of sulfone groups is 1. The smallest absolute Gasteiger partial charge is 0.417 e. The maximum Gasteiger partial charge on any atom is 0.417 e. The van der Waals surface area contributed by atoms with Crippen LogP contribution in [0.5, 0.6) is 5.75 Å². The third kappa shape index (κ3) is 16.6. The molecule has 0 radical (unpaired) electrons. The first kappa shape index (κ1) is 68.1. The molecule has 2 aliphatic heterocycles. The van der Waals surface area contributed by atoms with Crippen molar-refractivity contribution >= 4 is 84.5 Å². The molecule has 10 aromatic rings. The fourth-order valence-electron chi connectivity index (χ4n) is 11.3. The van der Waals surface area contributed by atoms with Gasteiger partial charge < -0.3 is 35.2 Å². The Morgan fingerprint density at radius 2 is 1.35 bits per heavy atom. The van der Waals surface area contributed by atoms with Crippen LogP contribution in [-0.2, 0) is 27.8 Å². The molecule has 2 aliphatic rings. The van der Waals surface area contributed by atoms with Gasteiger partial charge in [-0.3, -0.25) is 24.0 Å². The Bertz CT molecular complexity index is 4530. The molecule has 2 fully saturated rings. The maximum atomic E-state index is 13.5. The number of hydrogen-bond donors (Lipinski definition) is 3. The lowest BCUT2D eigenvalue weighted by atomic mass is 9.96. The summed E-state index contributed by atoms with van der Waals surface area (Å²) in [6.07, 6.45) is 3.06. The number of aromatic nitrogens is 6. The summed E-state index contributed by atoms with van der Waals surface area (Å²) in [6, 6.07) is 45.3. The molecule has 12 rings (SSSR count). The van der Waals surface area contributed by atoms with Gasteiger partial charge in [-0.05, 0) is 154 Å². The first-order chi connectivity index (χ1) is 45.4. The van der Waals surface area contributed by atoms with Gasteiger partial charge in [0, 0.05) is 85.5 Å². The van der Waals surface area contributed by atoms with Crippen LogP contribution in [0.1, 0.15) is 74.5 Å². The number of morpholine rings is 1. The minimum atomic E-state index is -4.59. The largest absolute Gasteiger partial charge is 0.497 e. The number of anilines is 4. The molecule has 2 saturated heterocycles. The van der Waals surface area contributed by atoms with Crippen molar-refractivity contribution in [1.29, 1.82) is 0 Å². The predicted octanol–water partition coefficient (Wildman–Crippen LogP) is 14.4. The van der Waals surface area contributed by atoms with Gasteiger partial charge in [-0.25, -0.2) is 13.4 Å². The van der Waals surface area contributed by atoms with Crippen LogP contribution in [0, 0.1) is 13.8 Å². The number of aryl methyl sites for hydroxylation is 2. The summed E-state index contributed by atoms with van der Waals surface area (Å²) >= 11 is 12.3. The number of ether oxygens (including phenoxy) is 2. The normalized spacial score (nSPS) is 15.0. The molecule has 4 aromatic heterocycles. The van der Waals surface area contributed by atoms with E-state index < -0.39 is 33.4 Å². The summed E-state index contributed by atoms with van der Waals surface area (Å²) in [4.78, 5) is 51.5. The van der Waals surface area contributed by atoms with Crippen molar-refractivity contribution < 1.29 is 45.4 Å². The molecule has 490 valence electrons. The van der Waals surface area contributed by atoms with Gasteiger partial charge in [0.25, 0.3) is 17.7 Å². The zero-order valence-corrected chi connectivity index (χ0v) is 55.3. The van der Waals surface area contributed by atoms with Crippen LogP contribution in [-0.4, -0.2) is 114 Å². The van der Waals surface area contributed by atoms with E-state index in [1.165, 1.54) is 30.3 Å². The van der Waals surface area contributed by atoms with E-state index in [-0.39, 0.29) is 45.2 Å². The molecule has 0 saturated carbocycles. The van der Waals surface area contributed by atoms with Gasteiger partial charge in [0.15, 0.2) is 15.7 Å². The van der Waals surface area contributed by atoms with Crippen LogP contribution in [0.3, 0.4) is 0 Å². The van der Waals surface area contributed by atoms with Crippen LogP contribution >= 0.6 is 23.2 Å². The second kappa shape index (κ2) is 29.7. The van der Waals surface area contributed by atoms with Crippen LogP contribution in [0.15, 0.2) is 181 Å². The van der Waals surface area contributed by atoms with Crippen molar-refractivity contribution in [2.75, 3.05) is 60.0 Å². The quantitative estimate of drug-likeness (QED) is 0.0979. The lowest BCUT2D eigenvalue weighted by Gasteiger charge is -2.36. The molecule has 95 heavy (non-hydrogen) atoms. The highest BCUT2D eigenvalue weighted by Crippen LogP contribution is 2.36. The number of carbonyl (C=O) groups excluding carboxylic acids is 3. The van der Waals surface area contributed by atoms with Gasteiger partial charge in [0.2, 0.25) is 0 Å². The number of rotatable bonds is 13. The van der Waals surface area contributed by atoms with Crippen molar-refractivity contribution in [3.8, 4) is 39.5 Å². The van der Waals surface area contributed by atoms with Crippen LogP contribution in [0.4, 0.5) is 36.2 Å². The Balaban J connectivity index is 0.000000157. The second-order valence-corrected chi connectivity index (χ2v) is 25.9. The zero-order chi connectivity index (χ0) is 67.7. The summed E-state index contributed by atoms with van der Waals surface area (Å²) in [6.45, 7) is 10.5. The Morgan fingerprint density at radius 1 is 0.663 bits per heavy atom. The molecule has 0 spiro atoms. The number of fused-ring (bicyclic) bond motifs is 1. The summed E-state index contributed by atoms with van der Waals surface area (Å²) in [5, 5.41) is 24.2. The molecule has 6 aromatic carbocycles. The van der Waals surface area contributed by atoms with E-state index in [0.29, 0.717) is 64.7 Å². The Kier molecular flexibility index (Phi) is 21.3. The molecule has 24 heteroatoms. The molecule has 0 bridgehead atoms. The van der Waals surface area contributed by atoms with Crippen molar-refractivity contribution in [2.24, 2.45) is 7.05 Å². The Hall–Kier alpha value is -9.74. The minimum Gasteiger partial charge on any atom is -0.497 e. The summed E-state index contributed by atoms with van der Waals surface area (Å²) in [5.74, 6) is 1.13. The van der Waals surface area contributed by atoms with E-state index in [4.69, 9.17) is 32.7 Å². The highest BCUT2D eigenvalue weighted by Gasteiger charge is 2.36. The number of nitrogens with zero attached hydrogens (tertiary/aromatic N) is 8. The highest BCUT2D eigenvalue weighted by atomic mass is 35.5. The molecule has 0 aliphatic carbocycles. The standard InChI is InChI=1S/C26H25F3N6O.C26H29N3O3.C19H14Cl2N2O3S/c1-16-7-8-20(21(15-16)26(27,28)29)25(36)31-17-10-13-35(14-11-17)24-19-6-4-3-5-18(19)23(32-33-24)22-9-12-30-34(22)2;1-17-15-29(16-18(2)32-17)25-13-10-21(14-27-25)28-26(30)24-7-5-6-23(19(24)3)20-8-11-22(31-4)12-9-20;1-27(25,26)13-6-7-14(17(21)11-13)19(24)23-12-5-8-16(20)15(10-12)18-4-2-3-9-22-18/h3-9,12,15,17H,10-11,13-14H2,1-2H3,(H,31,36);5-14,17-18H,15-16H2,1-4H3,(H,28,30);2-11H,1H3,(H,23,24). The highest BCUT2D eigenvalue weighted by molar-refractivity contribution is 7.90. The molecule has 2 atom stereocenters. The molecule has 6 heterocycles. The molecule has 3 N–H and O–H groups in total. The predicted molar refractivity (Wildman–Crippen MR) is 365 cm³/mol. The summed E-state index contributed by atoms with van der Waals surface area (Å²) in [7, 11) is 0.0962. The van der Waals surface area contributed by atoms with Gasteiger partial charge in [0.05, 0.1) is 74.2 Å². The van der Waals surface area contributed by atoms with Gasteiger partial charge in [0.1, 0.15) is 17.3 Å². The van der Waals surface area contributed by atoms with Crippen molar-refractivity contribution in [3.05, 3.63) is 220 Å². The number of piperidine rings is 1. The maximum absolute atomic E-state index is 13.5. The van der Waals surface area contributed by atoms with E-state index >= 15 is 0 Å². The molecule has 18 nitrogen and oxygen atoms in total. The van der Waals surface area contributed by atoms with E-state index in [1.807, 2.05) is 111 Å². The number of nitrogens with one attached hydrogen (secondary N) is 3. The van der Waals surface area contributed by atoms with Gasteiger partial charge in [-0.2, -0.15) is 18.3 Å². The average Bonchev–Trinajstić information content (AvgIpc) is 1.77. The van der Waals surface area contributed by atoms with E-state index in [9.17, 15) is 36.0 Å². The van der Waals surface area contributed by atoms with Gasteiger partial charge >= 0.3 is 6.18 Å². The fraction of sp³-hybridized carbons (Fsp3) is 0.239. The SMILES string of the molecule is COc1ccc(-c2cccc(C(=O)Nc3ccc(N4CC(C)OC(C)C4)nc3)c2C)cc1.CS(=O)(=O)c1ccc(C(=O)Nc2ccc(Cl)c(-c3ccccn3)c2)c(Cl)c1.Cc1ccc(C(=O)NC2CCN(c3nnc(-c4ccnn4C)c4ccccc34)CC2)c(C(F)(F)F)c1. The first-order valence-electron chi connectivity index (χ1n) is 30.3. The van der Waals surface area contributed by atoms with E-state index in [0.717, 1.165) is 81.6 Å². The number of halogens is 5. The number of benzene rings is 6. The minimum absolute atomic E-state index is 0.0491. The number of hydrogen-bond acceptors (Lipinski definition) is 14. The lowest BCUT2D eigenvalue weighted by molar-refractivity contribution is -0.138. The van der Waals surface area contributed by atoms with Crippen molar-refractivity contribution in [3.63, 3.8) is 0 Å². The van der Waals surface area contributed by atoms with Crippen molar-refractivity contribution in [2.45, 2.75) is 69.9 Å². The first-order valence-corrected chi connectivity index (χ1v) is 33.0. The number of carbonyl (C=O) groups is 3. The molecule has 2 unspecified atom stereocenters. The molecular formula is C71H68Cl2F3N11O7S. The third-order valence-electron chi connectivity index (χ3n) is 16.1. The molecular weight excluding hydrogens is 1280 g/mol. The van der Waals surface area contributed by atoms with Gasteiger partial charge in [-0.15, -0.1) is 10.2 Å². The monoisotopic (exact) mass is 1350 g/mol. The Morgan fingerprint density at radius 3 is 1.99 bits per heavy atom. The van der Waals surface area contributed by atoms with Crippen molar-refractivity contribution in [1.82, 2.24) is 35.3 Å². The lowest BCUT2D eigenvalue weighted by Crippen LogP contribution is -2.45. The third-order valence-corrected chi connectivity index (χ3v) is 17.8. The summed E-state index contributed by atoms with van der Waals surface area (Å²) < 4.78 is 76.4. The van der Waals surface area contributed by atoms with E-state index in [2.05, 4.69) is 64.9 Å². The average molecular weight is 1350 g/mol. The fourth-order valence-corrected chi connectivity index (χ4v) is 12.5. The number of pyridine rings is 2. The topological polar surface area (TPSA) is 216 Å².